The summed E-state index contributed by atoms with van der Waals surface area (Å²) in [6.07, 6.45) is 2.02. The Kier molecular flexibility index (Phi) is 2.61. The minimum atomic E-state index is -0.812. The van der Waals surface area contributed by atoms with Crippen LogP contribution in [0, 0.1) is 5.82 Å². The summed E-state index contributed by atoms with van der Waals surface area (Å²) in [4.78, 5) is 15.1. The second-order valence-electron chi connectivity index (χ2n) is 3.47. The topological polar surface area (TPSA) is 39.2 Å². The van der Waals surface area contributed by atoms with Crippen LogP contribution in [0.15, 0.2) is 6.07 Å². The van der Waals surface area contributed by atoms with Gasteiger partial charge in [0.25, 0.3) is 0 Å². The molecule has 0 atom stereocenters. The van der Waals surface area contributed by atoms with Crippen molar-refractivity contribution >= 4 is 17.6 Å². The van der Waals surface area contributed by atoms with E-state index in [1.807, 2.05) is 0 Å². The van der Waals surface area contributed by atoms with Crippen molar-refractivity contribution < 1.29 is 13.9 Å². The predicted molar refractivity (Wildman–Crippen MR) is 52.5 cm³/mol. The molecule has 5 heteroatoms. The monoisotopic (exact) mass is 229 g/mol. The molecule has 0 N–H and O–H groups in total. The number of ether oxygens (including phenoxy) is 1. The van der Waals surface area contributed by atoms with Gasteiger partial charge in [0, 0.05) is 11.6 Å². The van der Waals surface area contributed by atoms with Gasteiger partial charge in [-0.05, 0) is 18.9 Å². The molecule has 1 aromatic rings. The van der Waals surface area contributed by atoms with E-state index in [0.717, 1.165) is 12.8 Å². The zero-order valence-electron chi connectivity index (χ0n) is 8.09. The summed E-state index contributed by atoms with van der Waals surface area (Å²) in [6.45, 7) is 0. The van der Waals surface area contributed by atoms with Gasteiger partial charge in [-0.3, -0.25) is 0 Å². The smallest absolute Gasteiger partial charge is 0.341 e. The number of carbonyl (C=O) groups excluding carboxylic acids is 1. The number of methoxy groups -OCH3 is 1. The highest BCUT2D eigenvalue weighted by Crippen LogP contribution is 2.40. The number of aromatic nitrogens is 1. The highest BCUT2D eigenvalue weighted by Gasteiger charge is 2.28. The highest BCUT2D eigenvalue weighted by atomic mass is 35.5. The van der Waals surface area contributed by atoms with Gasteiger partial charge in [-0.25, -0.2) is 14.2 Å². The Bertz CT molecular complexity index is 418. The van der Waals surface area contributed by atoms with Crippen molar-refractivity contribution in [1.29, 1.82) is 0 Å². The van der Waals surface area contributed by atoms with E-state index in [1.54, 1.807) is 0 Å². The number of nitrogens with zero attached hydrogens (tertiary/aromatic N) is 1. The number of pyridine rings is 1. The molecule has 0 radical (unpaired) electrons. The molecule has 1 aliphatic rings. The Hall–Kier alpha value is -1.16. The first-order valence-electron chi connectivity index (χ1n) is 4.57. The summed E-state index contributed by atoms with van der Waals surface area (Å²) < 4.78 is 17.9. The zero-order chi connectivity index (χ0) is 11.0. The standard InChI is InChI=1S/C10H9ClFNO2/c1-15-10(14)6-4-7(5-2-3-5)13-9(11)8(6)12/h4-5H,2-3H2,1H3. The van der Waals surface area contributed by atoms with E-state index in [1.165, 1.54) is 13.2 Å². The SMILES string of the molecule is COC(=O)c1cc(C2CC2)nc(Cl)c1F. The van der Waals surface area contributed by atoms with Crippen molar-refractivity contribution in [3.8, 4) is 0 Å². The molecular weight excluding hydrogens is 221 g/mol. The average molecular weight is 230 g/mol. The van der Waals surface area contributed by atoms with Crippen molar-refractivity contribution in [2.45, 2.75) is 18.8 Å². The minimum Gasteiger partial charge on any atom is -0.465 e. The van der Waals surface area contributed by atoms with Crippen molar-refractivity contribution in [2.75, 3.05) is 7.11 Å². The Morgan fingerprint density at radius 2 is 2.33 bits per heavy atom. The molecule has 1 heterocycles. The van der Waals surface area contributed by atoms with Crippen LogP contribution in [0.2, 0.25) is 5.15 Å². The lowest BCUT2D eigenvalue weighted by molar-refractivity contribution is 0.0595. The summed E-state index contributed by atoms with van der Waals surface area (Å²) in [5, 5.41) is -0.264. The van der Waals surface area contributed by atoms with Crippen molar-refractivity contribution in [3.05, 3.63) is 28.3 Å². The highest BCUT2D eigenvalue weighted by molar-refractivity contribution is 6.29. The van der Waals surface area contributed by atoms with Crippen LogP contribution < -0.4 is 0 Å². The molecular formula is C10H9ClFNO2. The Balaban J connectivity index is 2.46. The maximum atomic E-state index is 13.4. The summed E-state index contributed by atoms with van der Waals surface area (Å²) in [7, 11) is 1.20. The number of hydrogen-bond acceptors (Lipinski definition) is 3. The van der Waals surface area contributed by atoms with Gasteiger partial charge >= 0.3 is 5.97 Å². The first kappa shape index (κ1) is 10.4. The van der Waals surface area contributed by atoms with Crippen LogP contribution in [0.1, 0.15) is 34.8 Å². The molecule has 15 heavy (non-hydrogen) atoms. The molecule has 0 aliphatic heterocycles. The fourth-order valence-electron chi connectivity index (χ4n) is 1.36. The minimum absolute atomic E-state index is 0.139. The fraction of sp³-hybridized carbons (Fsp3) is 0.400. The van der Waals surface area contributed by atoms with E-state index in [-0.39, 0.29) is 10.7 Å². The lowest BCUT2D eigenvalue weighted by Crippen LogP contribution is -2.07. The quantitative estimate of drug-likeness (QED) is 0.578. The first-order chi connectivity index (χ1) is 7.13. The van der Waals surface area contributed by atoms with Gasteiger partial charge in [-0.1, -0.05) is 11.6 Å². The molecule has 1 saturated carbocycles. The van der Waals surface area contributed by atoms with Crippen molar-refractivity contribution in [3.63, 3.8) is 0 Å². The number of rotatable bonds is 2. The van der Waals surface area contributed by atoms with Gasteiger partial charge in [0.05, 0.1) is 7.11 Å². The molecule has 2 rings (SSSR count). The van der Waals surface area contributed by atoms with E-state index in [0.29, 0.717) is 11.6 Å². The fourth-order valence-corrected chi connectivity index (χ4v) is 1.56. The van der Waals surface area contributed by atoms with Gasteiger partial charge in [-0.15, -0.1) is 0 Å². The molecule has 1 fully saturated rings. The number of hydrogen-bond donors (Lipinski definition) is 0. The van der Waals surface area contributed by atoms with E-state index in [4.69, 9.17) is 11.6 Å². The third kappa shape index (κ3) is 1.95. The van der Waals surface area contributed by atoms with Gasteiger partial charge < -0.3 is 4.74 Å². The van der Waals surface area contributed by atoms with E-state index >= 15 is 0 Å². The molecule has 0 saturated heterocycles. The zero-order valence-corrected chi connectivity index (χ0v) is 8.84. The number of carbonyl (C=O) groups is 1. The van der Waals surface area contributed by atoms with E-state index < -0.39 is 11.8 Å². The molecule has 3 nitrogen and oxygen atoms in total. The van der Waals surface area contributed by atoms with Gasteiger partial charge in [-0.2, -0.15) is 0 Å². The third-order valence-electron chi connectivity index (χ3n) is 2.34. The second-order valence-corrected chi connectivity index (χ2v) is 3.82. The Morgan fingerprint density at radius 3 is 2.87 bits per heavy atom. The normalized spacial score (nSPS) is 15.1. The Morgan fingerprint density at radius 1 is 1.67 bits per heavy atom. The van der Waals surface area contributed by atoms with Crippen LogP contribution in [0.5, 0.6) is 0 Å². The van der Waals surface area contributed by atoms with Crippen LogP contribution in [-0.4, -0.2) is 18.1 Å². The van der Waals surface area contributed by atoms with Gasteiger partial charge in [0.2, 0.25) is 0 Å². The average Bonchev–Trinajstić information content (AvgIpc) is 3.04. The van der Waals surface area contributed by atoms with E-state index in [9.17, 15) is 9.18 Å². The van der Waals surface area contributed by atoms with Crippen molar-refractivity contribution in [2.24, 2.45) is 0 Å². The first-order valence-corrected chi connectivity index (χ1v) is 4.95. The molecule has 0 aromatic carbocycles. The van der Waals surface area contributed by atoms with Gasteiger partial charge in [0.15, 0.2) is 11.0 Å². The number of halogens is 2. The lowest BCUT2D eigenvalue weighted by atomic mass is 10.2. The summed E-state index contributed by atoms with van der Waals surface area (Å²) in [6, 6.07) is 1.42. The third-order valence-corrected chi connectivity index (χ3v) is 2.59. The van der Waals surface area contributed by atoms with Crippen molar-refractivity contribution in [1.82, 2.24) is 4.98 Å². The lowest BCUT2D eigenvalue weighted by Gasteiger charge is -2.05. The van der Waals surface area contributed by atoms with E-state index in [2.05, 4.69) is 9.72 Å². The maximum absolute atomic E-state index is 13.4. The summed E-state index contributed by atoms with van der Waals surface area (Å²) in [5.41, 5.74) is 0.529. The molecule has 1 aromatic heterocycles. The molecule has 0 amide bonds. The van der Waals surface area contributed by atoms with Crippen LogP contribution in [0.4, 0.5) is 4.39 Å². The molecule has 80 valence electrons. The summed E-state index contributed by atoms with van der Waals surface area (Å²) >= 11 is 5.60. The Labute approximate surface area is 91.2 Å². The molecule has 1 aliphatic carbocycles. The largest absolute Gasteiger partial charge is 0.465 e. The number of esters is 1. The van der Waals surface area contributed by atoms with Crippen LogP contribution >= 0.6 is 11.6 Å². The van der Waals surface area contributed by atoms with Crippen LogP contribution in [0.3, 0.4) is 0 Å². The molecule has 0 unspecified atom stereocenters. The maximum Gasteiger partial charge on any atom is 0.341 e. The second kappa shape index (κ2) is 3.77. The predicted octanol–water partition coefficient (Wildman–Crippen LogP) is 2.54. The summed E-state index contributed by atoms with van der Waals surface area (Å²) in [5.74, 6) is -1.22. The van der Waals surface area contributed by atoms with Crippen LogP contribution in [-0.2, 0) is 4.74 Å². The van der Waals surface area contributed by atoms with Gasteiger partial charge in [0.1, 0.15) is 5.56 Å². The molecule has 0 bridgehead atoms. The van der Waals surface area contributed by atoms with Crippen LogP contribution in [0.25, 0.3) is 0 Å². The molecule has 0 spiro atoms.